The van der Waals surface area contributed by atoms with E-state index in [0.29, 0.717) is 23.6 Å². The van der Waals surface area contributed by atoms with Gasteiger partial charge in [-0.3, -0.25) is 9.40 Å². The normalized spacial score (nSPS) is 19.6. The van der Waals surface area contributed by atoms with E-state index in [1.165, 1.54) is 173 Å². The zero-order chi connectivity index (χ0) is 50.2. The second-order valence-electron chi connectivity index (χ2n) is 21.0. The van der Waals surface area contributed by atoms with Gasteiger partial charge in [0.2, 0.25) is 6.54 Å². The largest absolute Gasteiger partial charge is 0.369 e. The van der Waals surface area contributed by atoms with Gasteiger partial charge in [0.05, 0.1) is 19.3 Å². The molecule has 400 valence electrons. The van der Waals surface area contributed by atoms with Crippen molar-refractivity contribution in [2.45, 2.75) is 257 Å². The average molecular weight is 998 g/mol. The van der Waals surface area contributed by atoms with Crippen LogP contribution in [0.5, 0.6) is 0 Å². The molecule has 2 saturated heterocycles. The molecule has 2 aliphatic heterocycles. The van der Waals surface area contributed by atoms with Crippen LogP contribution in [0.25, 0.3) is 16.0 Å². The van der Waals surface area contributed by atoms with E-state index in [-0.39, 0.29) is 31.8 Å². The third kappa shape index (κ3) is 21.2. The van der Waals surface area contributed by atoms with Gasteiger partial charge in [-0.2, -0.15) is 5.06 Å². The summed E-state index contributed by atoms with van der Waals surface area (Å²) in [6, 6.07) is 0.285. The first-order chi connectivity index (χ1) is 34.2. The molecule has 0 radical (unpaired) electrons. The Hall–Kier alpha value is -2.34. The summed E-state index contributed by atoms with van der Waals surface area (Å²) in [5.74, 6) is 0.483. The van der Waals surface area contributed by atoms with Gasteiger partial charge in [-0.1, -0.05) is 181 Å². The van der Waals surface area contributed by atoms with Crippen molar-refractivity contribution in [3.05, 3.63) is 24.1 Å². The first kappa shape index (κ1) is 60.2. The molecule has 0 aromatic carbocycles. The predicted molar refractivity (Wildman–Crippen MR) is 289 cm³/mol. The van der Waals surface area contributed by atoms with Crippen molar-refractivity contribution in [3.63, 3.8) is 0 Å². The smallest absolute Gasteiger partial charge is 0.259 e. The van der Waals surface area contributed by atoms with Crippen LogP contribution in [-0.2, 0) is 23.4 Å². The van der Waals surface area contributed by atoms with Crippen molar-refractivity contribution in [1.82, 2.24) is 34.2 Å². The number of unbranched alkanes of at least 4 members (excludes halogenated alkanes) is 26. The van der Waals surface area contributed by atoms with Gasteiger partial charge < -0.3 is 28.3 Å². The highest BCUT2D eigenvalue weighted by Crippen LogP contribution is 2.55. The molecule has 15 heteroatoms. The molecule has 0 saturated carbocycles. The molecule has 2 aromatic heterocycles. The number of fused-ring (bicyclic) bond motifs is 3. The fourth-order valence-electron chi connectivity index (χ4n) is 9.96. The third-order valence-corrected chi connectivity index (χ3v) is 16.0. The van der Waals surface area contributed by atoms with E-state index in [1.807, 2.05) is 23.6 Å². The zero-order valence-corrected chi connectivity index (χ0v) is 46.6. The van der Waals surface area contributed by atoms with Crippen LogP contribution >= 0.6 is 8.53 Å². The summed E-state index contributed by atoms with van der Waals surface area (Å²) in [5, 5.41) is 2.22. The van der Waals surface area contributed by atoms with E-state index in [4.69, 9.17) is 34.9 Å². The zero-order valence-electron chi connectivity index (χ0n) is 45.7. The van der Waals surface area contributed by atoms with Crippen molar-refractivity contribution in [2.75, 3.05) is 53.6 Å². The summed E-state index contributed by atoms with van der Waals surface area (Å²) in [6.07, 6.45) is 40.8. The monoisotopic (exact) mass is 998 g/mol. The molecule has 0 spiro atoms. The molecule has 2 unspecified atom stereocenters. The lowest BCUT2D eigenvalue weighted by molar-refractivity contribution is -0.243. The molecule has 2 bridgehead atoms. The Balaban J connectivity index is 1.43. The van der Waals surface area contributed by atoms with Gasteiger partial charge in [-0.15, -0.1) is 0 Å². The lowest BCUT2D eigenvalue weighted by atomic mass is 10.0. The maximum Gasteiger partial charge on any atom is 0.259 e. The Morgan fingerprint density at radius 2 is 1.26 bits per heavy atom. The lowest BCUT2D eigenvalue weighted by Crippen LogP contribution is -2.48. The predicted octanol–water partition coefficient (Wildman–Crippen LogP) is 14.6. The SMILES string of the molecule is [C-]#[N+]CCOP(OC1[C@@H]2OC[C@]1(CON(CCCCCCCCCCCCCCCC)CCCCCCCCCCCCCCCC)O[C@H]2n1cnc2c(/N=C\N(C)C)ncnc21)N(C(C)C)C(C)C. The van der Waals surface area contributed by atoms with Crippen LogP contribution in [0.1, 0.15) is 228 Å². The maximum atomic E-state index is 7.47. The van der Waals surface area contributed by atoms with Crippen molar-refractivity contribution in [3.8, 4) is 0 Å². The minimum Gasteiger partial charge on any atom is -0.369 e. The molecular weight excluding hydrogens is 898 g/mol. The molecule has 4 rings (SSSR count). The number of aromatic nitrogens is 4. The summed E-state index contributed by atoms with van der Waals surface area (Å²) in [7, 11) is 2.25. The minimum atomic E-state index is -1.59. The highest BCUT2D eigenvalue weighted by atomic mass is 31.2. The summed E-state index contributed by atoms with van der Waals surface area (Å²) in [5.41, 5.74) is 0.255. The number of rotatable bonds is 44. The van der Waals surface area contributed by atoms with E-state index in [9.17, 15) is 0 Å². The molecule has 0 aliphatic carbocycles. The Bertz CT molecular complexity index is 1670. The van der Waals surface area contributed by atoms with E-state index < -0.39 is 32.6 Å². The van der Waals surface area contributed by atoms with Crippen LogP contribution in [0.15, 0.2) is 17.6 Å². The summed E-state index contributed by atoms with van der Waals surface area (Å²) < 4.78 is 31.8. The van der Waals surface area contributed by atoms with Gasteiger partial charge in [0.1, 0.15) is 37.4 Å². The summed E-state index contributed by atoms with van der Waals surface area (Å²) in [6.45, 7) is 23.6. The number of aliphatic imine (C=N–C) groups is 1. The van der Waals surface area contributed by atoms with Gasteiger partial charge in [-0.05, 0) is 40.5 Å². The third-order valence-electron chi connectivity index (χ3n) is 13.9. The molecule has 4 heterocycles. The van der Waals surface area contributed by atoms with Crippen molar-refractivity contribution in [1.29, 1.82) is 0 Å². The highest BCUT2D eigenvalue weighted by molar-refractivity contribution is 7.44. The summed E-state index contributed by atoms with van der Waals surface area (Å²) in [4.78, 5) is 30.8. The van der Waals surface area contributed by atoms with Crippen LogP contribution in [-0.4, -0.2) is 124 Å². The van der Waals surface area contributed by atoms with E-state index in [2.05, 4.69) is 71.1 Å². The Kier molecular flexibility index (Phi) is 30.8. The fourth-order valence-corrected chi connectivity index (χ4v) is 11.8. The highest BCUT2D eigenvalue weighted by Gasteiger charge is 2.65. The Morgan fingerprint density at radius 3 is 1.73 bits per heavy atom. The van der Waals surface area contributed by atoms with Crippen LogP contribution in [0, 0.1) is 6.57 Å². The first-order valence-corrected chi connectivity index (χ1v) is 29.5. The standard InChI is InChI=1S/C55H100N9O5P/c1-10-12-14-16-18-20-22-24-26-28-30-32-34-36-39-62(40-37-35-33-31-29-27-25-23-21-19-17-15-13-11-2)66-43-55-42-65-50(51(55)69-70(67-41-38-56-7)64(47(3)4)48(5)6)54(68-55)63-46-59-49-52(60-45-61(8)9)57-44-58-53(49)63/h44-48,50-51,54H,10-43H2,1-6,8-9H3/b60-45-/t50-,51?,54+,55+,70?/m0/s1. The minimum absolute atomic E-state index is 0.143. The molecule has 70 heavy (non-hydrogen) atoms. The number of hydroxylamine groups is 2. The van der Waals surface area contributed by atoms with Gasteiger partial charge in [0, 0.05) is 39.3 Å². The van der Waals surface area contributed by atoms with E-state index >= 15 is 0 Å². The Morgan fingerprint density at radius 1 is 0.757 bits per heavy atom. The van der Waals surface area contributed by atoms with Gasteiger partial charge >= 0.3 is 0 Å². The van der Waals surface area contributed by atoms with Gasteiger partial charge in [0.15, 0.2) is 23.2 Å². The molecule has 0 N–H and O–H groups in total. The van der Waals surface area contributed by atoms with E-state index in [0.717, 1.165) is 25.9 Å². The average Bonchev–Trinajstić information content (AvgIpc) is 4.02. The quantitative estimate of drug-likeness (QED) is 0.0158. The lowest BCUT2D eigenvalue weighted by Gasteiger charge is -2.38. The van der Waals surface area contributed by atoms with Gasteiger partial charge in [0.25, 0.3) is 8.53 Å². The van der Waals surface area contributed by atoms with Crippen molar-refractivity contribution >= 4 is 31.8 Å². The van der Waals surface area contributed by atoms with Crippen LogP contribution in [0.2, 0.25) is 0 Å². The molecule has 0 amide bonds. The molecule has 2 aromatic rings. The number of hydrogen-bond donors (Lipinski definition) is 0. The number of hydrogen-bond acceptors (Lipinski definition) is 11. The van der Waals surface area contributed by atoms with Crippen molar-refractivity contribution in [2.24, 2.45) is 4.99 Å². The number of nitrogens with zero attached hydrogens (tertiary/aromatic N) is 9. The van der Waals surface area contributed by atoms with Crippen LogP contribution in [0.4, 0.5) is 5.82 Å². The molecule has 2 aliphatic rings. The van der Waals surface area contributed by atoms with Gasteiger partial charge in [-0.25, -0.2) is 31.2 Å². The Labute approximate surface area is 427 Å². The number of imidazole rings is 1. The maximum absolute atomic E-state index is 7.47. The molecule has 2 fully saturated rings. The summed E-state index contributed by atoms with van der Waals surface area (Å²) >= 11 is 0. The molecular formula is C55H100N9O5P. The number of ether oxygens (including phenoxy) is 2. The molecule has 14 nitrogen and oxygen atoms in total. The molecule has 5 atom stereocenters. The van der Waals surface area contributed by atoms with Crippen LogP contribution in [0.3, 0.4) is 0 Å². The van der Waals surface area contributed by atoms with E-state index in [1.54, 1.807) is 12.7 Å². The van der Waals surface area contributed by atoms with Crippen molar-refractivity contribution < 1.29 is 23.4 Å². The second-order valence-corrected chi connectivity index (χ2v) is 22.4. The van der Waals surface area contributed by atoms with Crippen LogP contribution < -0.4 is 0 Å². The fraction of sp³-hybridized carbons (Fsp3) is 0.873. The topological polar surface area (TPSA) is 116 Å². The second kappa shape index (κ2) is 35.7. The first-order valence-electron chi connectivity index (χ1n) is 28.4.